The second-order valence-corrected chi connectivity index (χ2v) is 4.01. The third kappa shape index (κ3) is 4.06. The van der Waals surface area contributed by atoms with E-state index in [0.29, 0.717) is 6.42 Å². The molecule has 0 amide bonds. The van der Waals surface area contributed by atoms with Crippen LogP contribution in [0, 0.1) is 20.2 Å². The molecule has 0 N–H and O–H groups in total. The Morgan fingerprint density at radius 1 is 1.19 bits per heavy atom. The topological polar surface area (TPSA) is 130 Å². The zero-order chi connectivity index (χ0) is 16.0. The Morgan fingerprint density at radius 2 is 1.86 bits per heavy atom. The van der Waals surface area contributed by atoms with Crippen molar-refractivity contribution in [2.24, 2.45) is 0 Å². The number of ether oxygens (including phenoxy) is 1. The number of hydrogen-bond donors (Lipinski definition) is 0. The Kier molecular flexibility index (Phi) is 5.47. The molecule has 1 aromatic carbocycles. The van der Waals surface area contributed by atoms with Crippen LogP contribution < -0.4 is 0 Å². The molecule has 0 bridgehead atoms. The molecule has 9 nitrogen and oxygen atoms in total. The van der Waals surface area contributed by atoms with Gasteiger partial charge in [-0.05, 0) is 12.5 Å². The monoisotopic (exact) mass is 296 g/mol. The van der Waals surface area contributed by atoms with Crippen LogP contribution in [0.1, 0.15) is 30.1 Å². The van der Waals surface area contributed by atoms with Crippen molar-refractivity contribution in [2.75, 3.05) is 6.61 Å². The van der Waals surface area contributed by atoms with Gasteiger partial charge < -0.3 is 4.74 Å². The number of carbonyl (C=O) groups is 2. The van der Waals surface area contributed by atoms with E-state index in [-0.39, 0.29) is 6.61 Å². The van der Waals surface area contributed by atoms with Crippen molar-refractivity contribution in [3.05, 3.63) is 44.0 Å². The Balaban J connectivity index is 3.10. The molecule has 0 heterocycles. The highest BCUT2D eigenvalue weighted by molar-refractivity contribution is 6.09. The Hall–Kier alpha value is -2.84. The lowest BCUT2D eigenvalue weighted by molar-refractivity contribution is -0.422. The molecule has 0 saturated carbocycles. The normalized spacial score (nSPS) is 9.95. The van der Waals surface area contributed by atoms with Gasteiger partial charge in [-0.3, -0.25) is 29.8 Å². The first-order chi connectivity index (χ1) is 9.88. The Labute approximate surface area is 118 Å². The fourth-order valence-electron chi connectivity index (χ4n) is 1.59. The number of Topliss-reactive ketones (excluding diaryl/α,β-unsaturated/α-hetero) is 1. The van der Waals surface area contributed by atoms with Gasteiger partial charge in [0.05, 0.1) is 16.5 Å². The van der Waals surface area contributed by atoms with Crippen LogP contribution in [0.4, 0.5) is 11.4 Å². The van der Waals surface area contributed by atoms with Crippen LogP contribution in [0.2, 0.25) is 0 Å². The van der Waals surface area contributed by atoms with E-state index < -0.39 is 45.0 Å². The van der Waals surface area contributed by atoms with Gasteiger partial charge in [-0.25, -0.2) is 0 Å². The lowest BCUT2D eigenvalue weighted by Gasteiger charge is -2.04. The number of nitrogens with zero attached hydrogens (tertiary/aromatic N) is 2. The molecule has 0 aliphatic rings. The van der Waals surface area contributed by atoms with Gasteiger partial charge >= 0.3 is 17.3 Å². The average Bonchev–Trinajstić information content (AvgIpc) is 2.43. The van der Waals surface area contributed by atoms with E-state index in [1.807, 2.05) is 0 Å². The molecular formula is C12H12N2O7. The zero-order valence-electron chi connectivity index (χ0n) is 11.1. The largest absolute Gasteiger partial charge is 0.465 e. The van der Waals surface area contributed by atoms with Crippen LogP contribution in [0.15, 0.2) is 18.2 Å². The first-order valence-electron chi connectivity index (χ1n) is 5.99. The standard InChI is InChI=1S/C12H12N2O7/c1-2-6-21-11(16)7-10(15)8-4-3-5-9(13(17)18)12(8)14(19)20/h3-5H,2,6-7H2,1H3. The fraction of sp³-hybridized carbons (Fsp3) is 0.333. The maximum Gasteiger partial charge on any atom is 0.356 e. The van der Waals surface area contributed by atoms with E-state index in [0.717, 1.165) is 18.2 Å². The van der Waals surface area contributed by atoms with E-state index in [1.54, 1.807) is 6.92 Å². The van der Waals surface area contributed by atoms with Gasteiger partial charge in [0.2, 0.25) is 0 Å². The third-order valence-electron chi connectivity index (χ3n) is 2.47. The van der Waals surface area contributed by atoms with Crippen LogP contribution in [0.3, 0.4) is 0 Å². The summed E-state index contributed by atoms with van der Waals surface area (Å²) in [6, 6.07) is 3.14. The first kappa shape index (κ1) is 16.2. The summed E-state index contributed by atoms with van der Waals surface area (Å²) in [5.41, 5.74) is -2.20. The lowest BCUT2D eigenvalue weighted by atomic mass is 10.0. The lowest BCUT2D eigenvalue weighted by Crippen LogP contribution is -2.14. The molecule has 0 aliphatic carbocycles. The minimum absolute atomic E-state index is 0.128. The minimum atomic E-state index is -1.01. The molecule has 0 spiro atoms. The van der Waals surface area contributed by atoms with Crippen LogP contribution >= 0.6 is 0 Å². The zero-order valence-corrected chi connectivity index (χ0v) is 11.1. The Bertz CT molecular complexity index is 597. The molecule has 0 atom stereocenters. The van der Waals surface area contributed by atoms with Gasteiger partial charge in [-0.15, -0.1) is 0 Å². The van der Waals surface area contributed by atoms with Gasteiger partial charge in [0.1, 0.15) is 12.0 Å². The first-order valence-corrected chi connectivity index (χ1v) is 5.99. The SMILES string of the molecule is CCCOC(=O)CC(=O)c1cccc([N+](=O)[O-])c1[N+](=O)[O-]. The maximum absolute atomic E-state index is 11.9. The highest BCUT2D eigenvalue weighted by Gasteiger charge is 2.32. The summed E-state index contributed by atoms with van der Waals surface area (Å²) in [6.45, 7) is 1.89. The molecule has 0 saturated heterocycles. The molecular weight excluding hydrogens is 284 g/mol. The summed E-state index contributed by atoms with van der Waals surface area (Å²) in [5.74, 6) is -1.73. The second kappa shape index (κ2) is 7.08. The number of rotatable bonds is 7. The highest BCUT2D eigenvalue weighted by Crippen LogP contribution is 2.31. The van der Waals surface area contributed by atoms with E-state index in [1.165, 1.54) is 0 Å². The number of esters is 1. The summed E-state index contributed by atoms with van der Waals surface area (Å²) < 4.78 is 4.70. The summed E-state index contributed by atoms with van der Waals surface area (Å²) in [6.07, 6.45) is -0.140. The fourth-order valence-corrected chi connectivity index (χ4v) is 1.59. The summed E-state index contributed by atoms with van der Waals surface area (Å²) >= 11 is 0. The quantitative estimate of drug-likeness (QED) is 0.247. The van der Waals surface area contributed by atoms with E-state index in [2.05, 4.69) is 0 Å². The van der Waals surface area contributed by atoms with Crippen molar-refractivity contribution in [3.8, 4) is 0 Å². The maximum atomic E-state index is 11.9. The summed E-state index contributed by atoms with van der Waals surface area (Å²) in [7, 11) is 0. The molecule has 0 fully saturated rings. The minimum Gasteiger partial charge on any atom is -0.465 e. The molecule has 0 unspecified atom stereocenters. The molecule has 0 aliphatic heterocycles. The van der Waals surface area contributed by atoms with Gasteiger partial charge in [-0.1, -0.05) is 13.0 Å². The van der Waals surface area contributed by atoms with Crippen LogP contribution in [0.5, 0.6) is 0 Å². The van der Waals surface area contributed by atoms with Gasteiger partial charge in [0.25, 0.3) is 0 Å². The van der Waals surface area contributed by atoms with Gasteiger partial charge in [-0.2, -0.15) is 0 Å². The molecule has 1 rings (SSSR count). The Morgan fingerprint density at radius 3 is 2.38 bits per heavy atom. The second-order valence-electron chi connectivity index (χ2n) is 4.01. The van der Waals surface area contributed by atoms with Crippen molar-refractivity contribution >= 4 is 23.1 Å². The van der Waals surface area contributed by atoms with E-state index in [4.69, 9.17) is 4.74 Å². The third-order valence-corrected chi connectivity index (χ3v) is 2.47. The number of nitro groups is 2. The molecule has 9 heteroatoms. The number of para-hydroxylation sites is 1. The van der Waals surface area contributed by atoms with Gasteiger partial charge in [0.15, 0.2) is 5.78 Å². The van der Waals surface area contributed by atoms with Crippen molar-refractivity contribution in [1.29, 1.82) is 0 Å². The number of benzene rings is 1. The van der Waals surface area contributed by atoms with Crippen molar-refractivity contribution in [3.63, 3.8) is 0 Å². The summed E-state index contributed by atoms with van der Waals surface area (Å²) in [4.78, 5) is 43.0. The van der Waals surface area contributed by atoms with Gasteiger partial charge in [0, 0.05) is 6.07 Å². The molecule has 1 aromatic rings. The van der Waals surface area contributed by atoms with E-state index in [9.17, 15) is 29.8 Å². The predicted molar refractivity (Wildman–Crippen MR) is 69.9 cm³/mol. The molecule has 0 aromatic heterocycles. The molecule has 21 heavy (non-hydrogen) atoms. The van der Waals surface area contributed by atoms with Crippen LogP contribution in [0.25, 0.3) is 0 Å². The van der Waals surface area contributed by atoms with Crippen LogP contribution in [-0.2, 0) is 9.53 Å². The average molecular weight is 296 g/mol. The number of nitro benzene ring substituents is 2. The summed E-state index contributed by atoms with van der Waals surface area (Å²) in [5, 5.41) is 21.7. The van der Waals surface area contributed by atoms with Crippen molar-refractivity contribution in [1.82, 2.24) is 0 Å². The number of ketones is 1. The number of hydrogen-bond acceptors (Lipinski definition) is 7. The predicted octanol–water partition coefficient (Wildman–Crippen LogP) is 2.03. The van der Waals surface area contributed by atoms with E-state index >= 15 is 0 Å². The van der Waals surface area contributed by atoms with Crippen molar-refractivity contribution in [2.45, 2.75) is 19.8 Å². The highest BCUT2D eigenvalue weighted by atomic mass is 16.6. The van der Waals surface area contributed by atoms with Crippen LogP contribution in [-0.4, -0.2) is 28.2 Å². The molecule has 0 radical (unpaired) electrons. The molecule has 112 valence electrons. The van der Waals surface area contributed by atoms with Crippen molar-refractivity contribution < 1.29 is 24.2 Å². The smallest absolute Gasteiger partial charge is 0.356 e. The number of carbonyl (C=O) groups excluding carboxylic acids is 2.